The zero-order valence-corrected chi connectivity index (χ0v) is 17.4. The first-order chi connectivity index (χ1) is 14.1. The second-order valence-corrected chi connectivity index (χ2v) is 7.56. The molecule has 0 aliphatic heterocycles. The van der Waals surface area contributed by atoms with E-state index < -0.39 is 0 Å². The summed E-state index contributed by atoms with van der Waals surface area (Å²) in [6.45, 7) is 2.23. The van der Waals surface area contributed by atoms with Crippen molar-refractivity contribution < 1.29 is 14.3 Å². The minimum atomic E-state index is -0.302. The number of nitrogens with zero attached hydrogens (tertiary/aromatic N) is 2. The number of aromatic nitrogens is 1. The van der Waals surface area contributed by atoms with Crippen molar-refractivity contribution in [3.05, 3.63) is 65.3 Å². The Labute approximate surface area is 177 Å². The largest absolute Gasteiger partial charge is 0.465 e. The van der Waals surface area contributed by atoms with Crippen LogP contribution < -0.4 is 5.43 Å². The van der Waals surface area contributed by atoms with Crippen LogP contribution in [0.1, 0.15) is 12.5 Å². The van der Waals surface area contributed by atoms with Crippen molar-refractivity contribution >= 4 is 52.4 Å². The van der Waals surface area contributed by atoms with Crippen LogP contribution in [0.3, 0.4) is 0 Å². The molecule has 0 bridgehead atoms. The number of hydrazone groups is 1. The van der Waals surface area contributed by atoms with Crippen molar-refractivity contribution in [2.45, 2.75) is 18.4 Å². The van der Waals surface area contributed by atoms with Gasteiger partial charge in [0.15, 0.2) is 0 Å². The minimum Gasteiger partial charge on any atom is -0.465 e. The molecule has 0 aliphatic rings. The number of carbonyl (C=O) groups is 2. The van der Waals surface area contributed by atoms with Crippen LogP contribution in [0.2, 0.25) is 5.02 Å². The number of rotatable bonds is 8. The predicted octanol–water partition coefficient (Wildman–Crippen LogP) is 4.10. The molecule has 1 heterocycles. The van der Waals surface area contributed by atoms with E-state index in [2.05, 4.69) is 10.5 Å². The highest BCUT2D eigenvalue weighted by Crippen LogP contribution is 2.21. The van der Waals surface area contributed by atoms with Crippen LogP contribution in [0.4, 0.5) is 0 Å². The van der Waals surface area contributed by atoms with Gasteiger partial charge in [-0.25, -0.2) is 5.43 Å². The normalized spacial score (nSPS) is 11.1. The van der Waals surface area contributed by atoms with E-state index in [0.717, 1.165) is 21.4 Å². The number of benzene rings is 2. The average molecular weight is 430 g/mol. The van der Waals surface area contributed by atoms with Gasteiger partial charge >= 0.3 is 5.97 Å². The molecule has 3 aromatic rings. The molecular formula is C21H20ClN3O3S. The van der Waals surface area contributed by atoms with Crippen molar-refractivity contribution in [2.24, 2.45) is 5.10 Å². The first-order valence-electron chi connectivity index (χ1n) is 9.00. The molecule has 0 spiro atoms. The lowest BCUT2D eigenvalue weighted by atomic mass is 10.2. The fraction of sp³-hybridized carbons (Fsp3) is 0.190. The third-order valence-corrected chi connectivity index (χ3v) is 5.26. The van der Waals surface area contributed by atoms with Gasteiger partial charge in [-0.05, 0) is 37.3 Å². The van der Waals surface area contributed by atoms with E-state index in [1.807, 2.05) is 47.2 Å². The van der Waals surface area contributed by atoms with Gasteiger partial charge in [-0.3, -0.25) is 9.59 Å². The second-order valence-electron chi connectivity index (χ2n) is 6.07. The van der Waals surface area contributed by atoms with Crippen LogP contribution in [0.5, 0.6) is 0 Å². The highest BCUT2D eigenvalue weighted by Gasteiger charge is 2.10. The molecule has 150 valence electrons. The van der Waals surface area contributed by atoms with Gasteiger partial charge in [0.25, 0.3) is 0 Å². The van der Waals surface area contributed by atoms with Crippen LogP contribution in [0, 0.1) is 0 Å². The summed E-state index contributed by atoms with van der Waals surface area (Å²) in [7, 11) is 0. The molecule has 2 aromatic carbocycles. The summed E-state index contributed by atoms with van der Waals surface area (Å²) >= 11 is 7.25. The first kappa shape index (κ1) is 21.0. The van der Waals surface area contributed by atoms with Crippen LogP contribution in [0.15, 0.2) is 64.7 Å². The topological polar surface area (TPSA) is 72.7 Å². The number of hydrogen-bond donors (Lipinski definition) is 1. The van der Waals surface area contributed by atoms with Crippen molar-refractivity contribution in [3.8, 4) is 0 Å². The summed E-state index contributed by atoms with van der Waals surface area (Å²) in [4.78, 5) is 24.8. The maximum atomic E-state index is 12.0. The number of fused-ring (bicyclic) bond motifs is 1. The van der Waals surface area contributed by atoms with E-state index in [4.69, 9.17) is 16.3 Å². The van der Waals surface area contributed by atoms with E-state index in [0.29, 0.717) is 11.6 Å². The van der Waals surface area contributed by atoms with Gasteiger partial charge in [0.05, 0.1) is 18.6 Å². The minimum absolute atomic E-state index is 0.117. The Kier molecular flexibility index (Phi) is 7.32. The van der Waals surface area contributed by atoms with E-state index in [9.17, 15) is 9.59 Å². The smallest absolute Gasteiger partial charge is 0.325 e. The summed E-state index contributed by atoms with van der Waals surface area (Å²) in [6, 6.07) is 15.0. The third-order valence-electron chi connectivity index (χ3n) is 4.00. The van der Waals surface area contributed by atoms with Gasteiger partial charge < -0.3 is 9.30 Å². The Morgan fingerprint density at radius 1 is 1.21 bits per heavy atom. The number of para-hydroxylation sites is 1. The number of hydrogen-bond acceptors (Lipinski definition) is 5. The number of halogens is 1. The number of amides is 1. The van der Waals surface area contributed by atoms with Crippen molar-refractivity contribution in [1.29, 1.82) is 0 Å². The number of nitrogens with one attached hydrogen (secondary N) is 1. The van der Waals surface area contributed by atoms with E-state index in [-0.39, 0.29) is 24.2 Å². The molecular weight excluding hydrogens is 410 g/mol. The molecule has 1 aromatic heterocycles. The van der Waals surface area contributed by atoms with Gasteiger partial charge in [0.2, 0.25) is 5.91 Å². The fourth-order valence-corrected chi connectivity index (χ4v) is 3.56. The van der Waals surface area contributed by atoms with Crippen LogP contribution >= 0.6 is 23.4 Å². The lowest BCUT2D eigenvalue weighted by Gasteiger charge is -2.04. The number of ether oxygens (including phenoxy) is 1. The molecule has 0 saturated heterocycles. The SMILES string of the molecule is CCOC(=O)Cn1cc(/C=N\NC(=O)CSc2ccc(Cl)cc2)c2ccccc21. The molecule has 8 heteroatoms. The van der Waals surface area contributed by atoms with E-state index in [1.54, 1.807) is 25.3 Å². The van der Waals surface area contributed by atoms with E-state index >= 15 is 0 Å². The molecule has 1 N–H and O–H groups in total. The van der Waals surface area contributed by atoms with Gasteiger partial charge in [-0.15, -0.1) is 11.8 Å². The molecule has 1 amide bonds. The lowest BCUT2D eigenvalue weighted by Crippen LogP contribution is -2.19. The Morgan fingerprint density at radius 2 is 1.97 bits per heavy atom. The average Bonchev–Trinajstić information content (AvgIpc) is 3.05. The molecule has 0 aliphatic carbocycles. The van der Waals surface area contributed by atoms with Gasteiger partial charge in [0, 0.05) is 32.6 Å². The fourth-order valence-electron chi connectivity index (χ4n) is 2.74. The molecule has 6 nitrogen and oxygen atoms in total. The number of esters is 1. The zero-order valence-electron chi connectivity index (χ0n) is 15.8. The lowest BCUT2D eigenvalue weighted by molar-refractivity contribution is -0.143. The number of carbonyl (C=O) groups excluding carboxylic acids is 2. The maximum absolute atomic E-state index is 12.0. The van der Waals surface area contributed by atoms with Crippen molar-refractivity contribution in [3.63, 3.8) is 0 Å². The van der Waals surface area contributed by atoms with Crippen LogP contribution in [-0.2, 0) is 20.9 Å². The van der Waals surface area contributed by atoms with Gasteiger partial charge in [-0.2, -0.15) is 5.10 Å². The quantitative estimate of drug-likeness (QED) is 0.253. The second kappa shape index (κ2) is 10.1. The zero-order chi connectivity index (χ0) is 20.6. The third kappa shape index (κ3) is 5.85. The van der Waals surface area contributed by atoms with Gasteiger partial charge in [0.1, 0.15) is 6.54 Å². The molecule has 0 saturated carbocycles. The van der Waals surface area contributed by atoms with Crippen LogP contribution in [0.25, 0.3) is 10.9 Å². The summed E-state index contributed by atoms with van der Waals surface area (Å²) in [5.41, 5.74) is 4.23. The predicted molar refractivity (Wildman–Crippen MR) is 116 cm³/mol. The Bertz CT molecular complexity index is 1030. The van der Waals surface area contributed by atoms with Gasteiger partial charge in [-0.1, -0.05) is 29.8 Å². The standard InChI is InChI=1S/C21H20ClN3O3S/c1-2-28-21(27)13-25-12-15(18-5-3-4-6-19(18)25)11-23-24-20(26)14-29-17-9-7-16(22)8-10-17/h3-12H,2,13-14H2,1H3,(H,24,26)/b23-11-. The summed E-state index contributed by atoms with van der Waals surface area (Å²) in [6.07, 6.45) is 3.40. The Balaban J connectivity index is 1.63. The Hall–Kier alpha value is -2.77. The number of thioether (sulfide) groups is 1. The molecule has 0 radical (unpaired) electrons. The summed E-state index contributed by atoms with van der Waals surface area (Å²) < 4.78 is 6.84. The van der Waals surface area contributed by atoms with Crippen molar-refractivity contribution in [2.75, 3.05) is 12.4 Å². The first-order valence-corrected chi connectivity index (χ1v) is 10.4. The summed E-state index contributed by atoms with van der Waals surface area (Å²) in [5.74, 6) is -0.274. The molecule has 0 atom stereocenters. The van der Waals surface area contributed by atoms with Crippen molar-refractivity contribution in [1.82, 2.24) is 9.99 Å². The highest BCUT2D eigenvalue weighted by molar-refractivity contribution is 8.00. The van der Waals surface area contributed by atoms with E-state index in [1.165, 1.54) is 11.8 Å². The monoisotopic (exact) mass is 429 g/mol. The molecule has 0 unspecified atom stereocenters. The highest BCUT2D eigenvalue weighted by atomic mass is 35.5. The maximum Gasteiger partial charge on any atom is 0.325 e. The molecule has 3 rings (SSSR count). The molecule has 0 fully saturated rings. The Morgan fingerprint density at radius 3 is 2.72 bits per heavy atom. The summed E-state index contributed by atoms with van der Waals surface area (Å²) in [5, 5.41) is 5.65. The van der Waals surface area contributed by atoms with Crippen LogP contribution in [-0.4, -0.2) is 35.0 Å². The molecule has 29 heavy (non-hydrogen) atoms.